The lowest BCUT2D eigenvalue weighted by atomic mass is 10.1. The molecule has 0 aliphatic heterocycles. The van der Waals surface area contributed by atoms with E-state index in [-0.39, 0.29) is 0 Å². The quantitative estimate of drug-likeness (QED) is 0.938. The Hall–Kier alpha value is -1.82. The summed E-state index contributed by atoms with van der Waals surface area (Å²) < 4.78 is 39.4. The SMILES string of the molecule is CNCCc1c(C)nn(-c2ccc(C(F)(F)F)cc2)c1C. The van der Waals surface area contributed by atoms with E-state index in [4.69, 9.17) is 0 Å². The third-order valence-corrected chi connectivity index (χ3v) is 3.51. The molecule has 1 aromatic carbocycles. The Morgan fingerprint density at radius 1 is 1.14 bits per heavy atom. The first-order valence-electron chi connectivity index (χ1n) is 6.72. The van der Waals surface area contributed by atoms with Gasteiger partial charge in [0, 0.05) is 5.69 Å². The summed E-state index contributed by atoms with van der Waals surface area (Å²) in [6.07, 6.45) is -3.47. The fraction of sp³-hybridized carbons (Fsp3) is 0.400. The summed E-state index contributed by atoms with van der Waals surface area (Å²) in [5.41, 5.74) is 2.98. The van der Waals surface area contributed by atoms with E-state index in [0.717, 1.165) is 42.0 Å². The number of hydrogen-bond donors (Lipinski definition) is 1. The molecule has 0 aliphatic rings. The lowest BCUT2D eigenvalue weighted by molar-refractivity contribution is -0.137. The Kier molecular flexibility index (Phi) is 4.37. The monoisotopic (exact) mass is 297 g/mol. The van der Waals surface area contributed by atoms with Crippen LogP contribution in [0.1, 0.15) is 22.5 Å². The molecule has 2 rings (SSSR count). The minimum absolute atomic E-state index is 0.638. The van der Waals surface area contributed by atoms with E-state index in [1.165, 1.54) is 12.1 Å². The van der Waals surface area contributed by atoms with E-state index >= 15 is 0 Å². The van der Waals surface area contributed by atoms with Crippen LogP contribution in [0, 0.1) is 13.8 Å². The van der Waals surface area contributed by atoms with E-state index < -0.39 is 11.7 Å². The first-order chi connectivity index (χ1) is 9.84. The number of alkyl halides is 3. The van der Waals surface area contributed by atoms with Crippen LogP contribution in [0.15, 0.2) is 24.3 Å². The fourth-order valence-corrected chi connectivity index (χ4v) is 2.33. The largest absolute Gasteiger partial charge is 0.416 e. The second-order valence-corrected chi connectivity index (χ2v) is 4.96. The number of nitrogens with zero attached hydrogens (tertiary/aromatic N) is 2. The summed E-state index contributed by atoms with van der Waals surface area (Å²) in [7, 11) is 1.88. The maximum atomic E-state index is 12.6. The minimum Gasteiger partial charge on any atom is -0.319 e. The summed E-state index contributed by atoms with van der Waals surface area (Å²) in [5.74, 6) is 0. The fourth-order valence-electron chi connectivity index (χ4n) is 2.33. The molecule has 1 N–H and O–H groups in total. The topological polar surface area (TPSA) is 29.9 Å². The molecule has 6 heteroatoms. The maximum absolute atomic E-state index is 12.6. The van der Waals surface area contributed by atoms with Gasteiger partial charge in [-0.15, -0.1) is 0 Å². The Labute approximate surface area is 121 Å². The van der Waals surface area contributed by atoms with Gasteiger partial charge in [0.05, 0.1) is 16.9 Å². The van der Waals surface area contributed by atoms with Crippen molar-refractivity contribution in [3.05, 3.63) is 46.8 Å². The second kappa shape index (κ2) is 5.89. The van der Waals surface area contributed by atoms with Gasteiger partial charge in [-0.3, -0.25) is 0 Å². The zero-order valence-corrected chi connectivity index (χ0v) is 12.3. The normalized spacial score (nSPS) is 11.9. The van der Waals surface area contributed by atoms with E-state index in [0.29, 0.717) is 5.69 Å². The average Bonchev–Trinajstić information content (AvgIpc) is 2.71. The molecule has 0 saturated heterocycles. The van der Waals surface area contributed by atoms with Crippen molar-refractivity contribution in [2.75, 3.05) is 13.6 Å². The third-order valence-electron chi connectivity index (χ3n) is 3.51. The molecule has 21 heavy (non-hydrogen) atoms. The minimum atomic E-state index is -4.31. The molecular formula is C15H18F3N3. The molecular weight excluding hydrogens is 279 g/mol. The van der Waals surface area contributed by atoms with Gasteiger partial charge < -0.3 is 5.32 Å². The smallest absolute Gasteiger partial charge is 0.319 e. The molecule has 0 atom stereocenters. The Morgan fingerprint density at radius 2 is 1.76 bits per heavy atom. The van der Waals surface area contributed by atoms with Crippen LogP contribution in [0.3, 0.4) is 0 Å². The van der Waals surface area contributed by atoms with Crippen LogP contribution in [0.5, 0.6) is 0 Å². The van der Waals surface area contributed by atoms with E-state index in [1.807, 2.05) is 20.9 Å². The van der Waals surface area contributed by atoms with Crippen molar-refractivity contribution in [2.45, 2.75) is 26.4 Å². The second-order valence-electron chi connectivity index (χ2n) is 4.96. The highest BCUT2D eigenvalue weighted by molar-refractivity contribution is 5.39. The Balaban J connectivity index is 2.34. The predicted molar refractivity (Wildman–Crippen MR) is 75.7 cm³/mol. The first kappa shape index (κ1) is 15.6. The number of hydrogen-bond acceptors (Lipinski definition) is 2. The molecule has 0 fully saturated rings. The van der Waals surface area contributed by atoms with Gasteiger partial charge in [-0.1, -0.05) is 0 Å². The van der Waals surface area contributed by atoms with Gasteiger partial charge in [-0.05, 0) is 63.7 Å². The zero-order chi connectivity index (χ0) is 15.6. The highest BCUT2D eigenvalue weighted by Gasteiger charge is 2.30. The van der Waals surface area contributed by atoms with Crippen molar-refractivity contribution in [1.82, 2.24) is 15.1 Å². The summed E-state index contributed by atoms with van der Waals surface area (Å²) >= 11 is 0. The number of aromatic nitrogens is 2. The lowest BCUT2D eigenvalue weighted by Gasteiger charge is -2.09. The zero-order valence-electron chi connectivity index (χ0n) is 12.3. The van der Waals surface area contributed by atoms with Gasteiger partial charge >= 0.3 is 6.18 Å². The molecule has 3 nitrogen and oxygen atoms in total. The van der Waals surface area contributed by atoms with Gasteiger partial charge in [-0.2, -0.15) is 18.3 Å². The average molecular weight is 297 g/mol. The number of rotatable bonds is 4. The Bertz CT molecular complexity index is 612. The maximum Gasteiger partial charge on any atom is 0.416 e. The summed E-state index contributed by atoms with van der Waals surface area (Å²) in [5, 5.41) is 7.51. The molecule has 114 valence electrons. The molecule has 0 saturated carbocycles. The van der Waals surface area contributed by atoms with Crippen LogP contribution >= 0.6 is 0 Å². The summed E-state index contributed by atoms with van der Waals surface area (Å²) in [4.78, 5) is 0. The van der Waals surface area contributed by atoms with Gasteiger partial charge in [-0.25, -0.2) is 4.68 Å². The summed E-state index contributed by atoms with van der Waals surface area (Å²) in [6.45, 7) is 4.68. The number of benzene rings is 1. The molecule has 1 heterocycles. The van der Waals surface area contributed by atoms with Gasteiger partial charge in [0.15, 0.2) is 0 Å². The van der Waals surface area contributed by atoms with Gasteiger partial charge in [0.25, 0.3) is 0 Å². The number of nitrogens with one attached hydrogen (secondary N) is 1. The predicted octanol–water partition coefficient (Wildman–Crippen LogP) is 3.27. The molecule has 0 unspecified atom stereocenters. The van der Waals surface area contributed by atoms with E-state index in [9.17, 15) is 13.2 Å². The molecule has 0 aliphatic carbocycles. The van der Waals surface area contributed by atoms with Gasteiger partial charge in [0.2, 0.25) is 0 Å². The molecule has 0 spiro atoms. The number of aryl methyl sites for hydroxylation is 1. The van der Waals surface area contributed by atoms with Crippen molar-refractivity contribution in [3.63, 3.8) is 0 Å². The van der Waals surface area contributed by atoms with Crippen molar-refractivity contribution < 1.29 is 13.2 Å². The van der Waals surface area contributed by atoms with Crippen LogP contribution in [-0.2, 0) is 12.6 Å². The molecule has 1 aromatic heterocycles. The van der Waals surface area contributed by atoms with E-state index in [2.05, 4.69) is 10.4 Å². The third kappa shape index (κ3) is 3.26. The Morgan fingerprint density at radius 3 is 2.29 bits per heavy atom. The lowest BCUT2D eigenvalue weighted by Crippen LogP contribution is -2.11. The molecule has 2 aromatic rings. The van der Waals surface area contributed by atoms with Crippen LogP contribution in [0.4, 0.5) is 13.2 Å². The molecule has 0 amide bonds. The number of likely N-dealkylation sites (N-methyl/N-ethyl adjacent to an activating group) is 1. The molecule has 0 radical (unpaired) electrons. The highest BCUT2D eigenvalue weighted by Crippen LogP contribution is 2.30. The molecule has 0 bridgehead atoms. The number of halogens is 3. The van der Waals surface area contributed by atoms with Crippen molar-refractivity contribution in [3.8, 4) is 5.69 Å². The summed E-state index contributed by atoms with van der Waals surface area (Å²) in [6, 6.07) is 5.06. The van der Waals surface area contributed by atoms with Crippen molar-refractivity contribution in [1.29, 1.82) is 0 Å². The van der Waals surface area contributed by atoms with Crippen molar-refractivity contribution in [2.24, 2.45) is 0 Å². The van der Waals surface area contributed by atoms with Crippen LogP contribution in [0.2, 0.25) is 0 Å². The van der Waals surface area contributed by atoms with E-state index in [1.54, 1.807) is 4.68 Å². The van der Waals surface area contributed by atoms with Crippen LogP contribution in [-0.4, -0.2) is 23.4 Å². The van der Waals surface area contributed by atoms with Crippen molar-refractivity contribution >= 4 is 0 Å². The van der Waals surface area contributed by atoms with Gasteiger partial charge in [0.1, 0.15) is 0 Å². The van der Waals surface area contributed by atoms with Crippen LogP contribution < -0.4 is 5.32 Å². The van der Waals surface area contributed by atoms with Crippen LogP contribution in [0.25, 0.3) is 5.69 Å². The first-order valence-corrected chi connectivity index (χ1v) is 6.72. The standard InChI is InChI=1S/C15H18F3N3/c1-10-14(8-9-19-3)11(2)21(20-10)13-6-4-12(5-7-13)15(16,17)18/h4-7,19H,8-9H2,1-3H3. The highest BCUT2D eigenvalue weighted by atomic mass is 19.4.